The van der Waals surface area contributed by atoms with E-state index in [1.54, 1.807) is 17.4 Å². The Kier molecular flexibility index (Phi) is 4.40. The maximum Gasteiger partial charge on any atom is 0.107 e. The summed E-state index contributed by atoms with van der Waals surface area (Å²) in [5, 5.41) is 7.81. The molecule has 0 unspecified atom stereocenters. The molecule has 1 N–H and O–H groups in total. The Labute approximate surface area is 115 Å². The van der Waals surface area contributed by atoms with E-state index in [4.69, 9.17) is 23.2 Å². The molecule has 0 saturated carbocycles. The Hall–Kier alpha value is -0.610. The van der Waals surface area contributed by atoms with Gasteiger partial charge in [-0.2, -0.15) is 0 Å². The van der Waals surface area contributed by atoms with Crippen LogP contribution >= 0.6 is 34.5 Å². The van der Waals surface area contributed by atoms with Crippen LogP contribution in [0, 0.1) is 6.92 Å². The van der Waals surface area contributed by atoms with Crippen LogP contribution in [0.4, 0.5) is 0 Å². The van der Waals surface area contributed by atoms with Crippen molar-refractivity contribution in [2.24, 2.45) is 0 Å². The number of thiazole rings is 1. The van der Waals surface area contributed by atoms with Crippen LogP contribution in [-0.4, -0.2) is 4.98 Å². The summed E-state index contributed by atoms with van der Waals surface area (Å²) in [7, 11) is 0. The average molecular weight is 287 g/mol. The second kappa shape index (κ2) is 5.83. The quantitative estimate of drug-likeness (QED) is 0.917. The Bertz CT molecular complexity index is 511. The minimum absolute atomic E-state index is 0.661. The number of aryl methyl sites for hydroxylation is 1. The van der Waals surface area contributed by atoms with Crippen LogP contribution in [-0.2, 0) is 13.1 Å². The molecule has 0 saturated heterocycles. The topological polar surface area (TPSA) is 24.9 Å². The highest BCUT2D eigenvalue weighted by Gasteiger charge is 2.02. The van der Waals surface area contributed by atoms with E-state index in [0.29, 0.717) is 16.6 Å². The van der Waals surface area contributed by atoms with Crippen molar-refractivity contribution in [3.63, 3.8) is 0 Å². The molecule has 2 aromatic rings. The first-order valence-corrected chi connectivity index (χ1v) is 6.84. The van der Waals surface area contributed by atoms with Crippen molar-refractivity contribution in [2.45, 2.75) is 20.0 Å². The summed E-state index contributed by atoms with van der Waals surface area (Å²) in [6.07, 6.45) is 0. The zero-order chi connectivity index (χ0) is 12.3. The molecule has 1 aromatic carbocycles. The lowest BCUT2D eigenvalue weighted by Gasteiger charge is -2.05. The third-order valence-corrected chi connectivity index (χ3v) is 3.83. The number of nitrogens with zero attached hydrogens (tertiary/aromatic N) is 1. The van der Waals surface area contributed by atoms with Crippen LogP contribution in [0.3, 0.4) is 0 Å². The van der Waals surface area contributed by atoms with E-state index in [9.17, 15) is 0 Å². The number of aromatic nitrogens is 1. The van der Waals surface area contributed by atoms with Gasteiger partial charge in [-0.1, -0.05) is 29.3 Å². The number of nitrogens with one attached hydrogen (secondary N) is 1. The maximum absolute atomic E-state index is 6.08. The average Bonchev–Trinajstić information content (AvgIpc) is 2.68. The van der Waals surface area contributed by atoms with Crippen molar-refractivity contribution < 1.29 is 0 Å². The molecule has 0 aliphatic heterocycles. The van der Waals surface area contributed by atoms with Gasteiger partial charge >= 0.3 is 0 Å². The summed E-state index contributed by atoms with van der Waals surface area (Å²) >= 11 is 13.6. The Balaban J connectivity index is 1.90. The largest absolute Gasteiger partial charge is 0.306 e. The number of hydrogen-bond donors (Lipinski definition) is 1. The molecule has 0 bridgehead atoms. The zero-order valence-corrected chi connectivity index (χ0v) is 11.7. The van der Waals surface area contributed by atoms with Gasteiger partial charge in [0.25, 0.3) is 0 Å². The van der Waals surface area contributed by atoms with Crippen molar-refractivity contribution in [2.75, 3.05) is 0 Å². The predicted molar refractivity (Wildman–Crippen MR) is 73.9 cm³/mol. The molecule has 0 fully saturated rings. The number of hydrogen-bond acceptors (Lipinski definition) is 3. The minimum Gasteiger partial charge on any atom is -0.306 e. The van der Waals surface area contributed by atoms with Gasteiger partial charge in [0.1, 0.15) is 5.01 Å². The van der Waals surface area contributed by atoms with Gasteiger partial charge in [-0.15, -0.1) is 11.3 Å². The lowest BCUT2D eigenvalue weighted by Crippen LogP contribution is -2.12. The van der Waals surface area contributed by atoms with Crippen molar-refractivity contribution in [1.29, 1.82) is 0 Å². The van der Waals surface area contributed by atoms with Gasteiger partial charge in [0.2, 0.25) is 0 Å². The molecule has 5 heteroatoms. The van der Waals surface area contributed by atoms with Crippen LogP contribution in [0.1, 0.15) is 16.3 Å². The van der Waals surface area contributed by atoms with Crippen LogP contribution in [0.2, 0.25) is 10.0 Å². The standard InChI is InChI=1S/C12H12Cl2N2S/c1-8-7-17-12(16-8)6-15-5-9-2-3-10(13)4-11(9)14/h2-4,7,15H,5-6H2,1H3. The van der Waals surface area contributed by atoms with E-state index in [2.05, 4.69) is 10.3 Å². The van der Waals surface area contributed by atoms with Crippen LogP contribution in [0.5, 0.6) is 0 Å². The van der Waals surface area contributed by atoms with Crippen molar-refractivity contribution >= 4 is 34.5 Å². The summed E-state index contributed by atoms with van der Waals surface area (Å²) in [5.41, 5.74) is 2.11. The molecular formula is C12H12Cl2N2S. The van der Waals surface area contributed by atoms with Gasteiger partial charge < -0.3 is 5.32 Å². The molecule has 0 aliphatic carbocycles. The van der Waals surface area contributed by atoms with Crippen molar-refractivity contribution in [3.8, 4) is 0 Å². The smallest absolute Gasteiger partial charge is 0.107 e. The third kappa shape index (κ3) is 3.68. The molecule has 2 rings (SSSR count). The molecule has 2 nitrogen and oxygen atoms in total. The van der Waals surface area contributed by atoms with Crippen LogP contribution in [0.15, 0.2) is 23.6 Å². The summed E-state index contributed by atoms with van der Waals surface area (Å²) in [5.74, 6) is 0. The van der Waals surface area contributed by atoms with Gasteiger partial charge in [-0.3, -0.25) is 0 Å². The molecule has 0 aliphatic rings. The van der Waals surface area contributed by atoms with Gasteiger partial charge in [-0.25, -0.2) is 4.98 Å². The zero-order valence-electron chi connectivity index (χ0n) is 9.34. The SMILES string of the molecule is Cc1csc(CNCc2ccc(Cl)cc2Cl)n1. The Morgan fingerprint density at radius 3 is 2.76 bits per heavy atom. The third-order valence-electron chi connectivity index (χ3n) is 2.27. The Morgan fingerprint density at radius 1 is 1.29 bits per heavy atom. The van der Waals surface area contributed by atoms with E-state index in [1.807, 2.05) is 24.4 Å². The molecule has 0 radical (unpaired) electrons. The highest BCUT2D eigenvalue weighted by Crippen LogP contribution is 2.20. The summed E-state index contributed by atoms with van der Waals surface area (Å²) in [6.45, 7) is 3.47. The van der Waals surface area contributed by atoms with Crippen molar-refractivity contribution in [3.05, 3.63) is 49.9 Å². The van der Waals surface area contributed by atoms with Crippen LogP contribution < -0.4 is 5.32 Å². The number of rotatable bonds is 4. The van der Waals surface area contributed by atoms with Crippen molar-refractivity contribution in [1.82, 2.24) is 10.3 Å². The summed E-state index contributed by atoms with van der Waals surface area (Å²) in [4.78, 5) is 4.38. The number of benzene rings is 1. The minimum atomic E-state index is 0.661. The van der Waals surface area contributed by atoms with E-state index in [-0.39, 0.29) is 0 Å². The molecule has 1 heterocycles. The fraction of sp³-hybridized carbons (Fsp3) is 0.250. The molecular weight excluding hydrogens is 275 g/mol. The van der Waals surface area contributed by atoms with Gasteiger partial charge in [0.05, 0.1) is 0 Å². The second-order valence-electron chi connectivity index (χ2n) is 3.72. The molecule has 90 valence electrons. The van der Waals surface area contributed by atoms with E-state index in [0.717, 1.165) is 22.8 Å². The molecule has 0 spiro atoms. The second-order valence-corrected chi connectivity index (χ2v) is 5.51. The van der Waals surface area contributed by atoms with Gasteiger partial charge in [-0.05, 0) is 24.6 Å². The summed E-state index contributed by atoms with van der Waals surface area (Å²) < 4.78 is 0. The summed E-state index contributed by atoms with van der Waals surface area (Å²) in [6, 6.07) is 5.54. The predicted octanol–water partition coefficient (Wildman–Crippen LogP) is 4.05. The molecule has 0 atom stereocenters. The van der Waals surface area contributed by atoms with E-state index in [1.165, 1.54) is 0 Å². The van der Waals surface area contributed by atoms with E-state index < -0.39 is 0 Å². The molecule has 0 amide bonds. The lowest BCUT2D eigenvalue weighted by molar-refractivity contribution is 0.689. The van der Waals surface area contributed by atoms with Crippen LogP contribution in [0.25, 0.3) is 0 Å². The number of halogens is 2. The normalized spacial score (nSPS) is 10.8. The highest BCUT2D eigenvalue weighted by atomic mass is 35.5. The molecule has 1 aromatic heterocycles. The fourth-order valence-electron chi connectivity index (χ4n) is 1.45. The Morgan fingerprint density at radius 2 is 2.12 bits per heavy atom. The molecule has 17 heavy (non-hydrogen) atoms. The highest BCUT2D eigenvalue weighted by molar-refractivity contribution is 7.09. The van der Waals surface area contributed by atoms with E-state index >= 15 is 0 Å². The lowest BCUT2D eigenvalue weighted by atomic mass is 10.2. The first-order chi connectivity index (χ1) is 8.15. The fourth-order valence-corrected chi connectivity index (χ4v) is 2.67. The first kappa shape index (κ1) is 12.8. The first-order valence-electron chi connectivity index (χ1n) is 5.21. The van der Waals surface area contributed by atoms with Gasteiger partial charge in [0, 0.05) is 34.2 Å². The van der Waals surface area contributed by atoms with Gasteiger partial charge in [0.15, 0.2) is 0 Å². The maximum atomic E-state index is 6.08. The monoisotopic (exact) mass is 286 g/mol.